The summed E-state index contributed by atoms with van der Waals surface area (Å²) < 4.78 is 10.9. The number of methoxy groups -OCH3 is 1. The predicted molar refractivity (Wildman–Crippen MR) is 103 cm³/mol. The van der Waals surface area contributed by atoms with Crippen LogP contribution in [0.2, 0.25) is 0 Å². The molecule has 1 aromatic carbocycles. The molecule has 6 nitrogen and oxygen atoms in total. The minimum atomic E-state index is -0.138. The molecule has 1 atom stereocenters. The molecule has 1 fully saturated rings. The summed E-state index contributed by atoms with van der Waals surface area (Å²) in [6, 6.07) is 5.40. The molecule has 26 heavy (non-hydrogen) atoms. The van der Waals surface area contributed by atoms with E-state index in [4.69, 9.17) is 9.47 Å². The molecule has 1 N–H and O–H groups in total. The van der Waals surface area contributed by atoms with E-state index in [1.54, 1.807) is 24.5 Å². The highest BCUT2D eigenvalue weighted by Crippen LogP contribution is 2.30. The predicted octanol–water partition coefficient (Wildman–Crippen LogP) is 3.10. The van der Waals surface area contributed by atoms with Crippen LogP contribution >= 0.6 is 11.3 Å². The van der Waals surface area contributed by atoms with Gasteiger partial charge in [0.25, 0.3) is 5.91 Å². The average molecular weight is 375 g/mol. The Bertz CT molecular complexity index is 784. The second kappa shape index (κ2) is 8.05. The van der Waals surface area contributed by atoms with Gasteiger partial charge in [0.1, 0.15) is 5.75 Å². The quantitative estimate of drug-likeness (QED) is 0.870. The van der Waals surface area contributed by atoms with Crippen LogP contribution in [0.25, 0.3) is 0 Å². The van der Waals surface area contributed by atoms with E-state index in [0.717, 1.165) is 40.1 Å². The Kier molecular flexibility index (Phi) is 5.78. The Morgan fingerprint density at radius 3 is 2.69 bits per heavy atom. The molecule has 0 bridgehead atoms. The van der Waals surface area contributed by atoms with Crippen molar-refractivity contribution in [1.82, 2.24) is 10.3 Å². The van der Waals surface area contributed by atoms with Crippen molar-refractivity contribution in [2.45, 2.75) is 26.8 Å². The van der Waals surface area contributed by atoms with E-state index in [0.29, 0.717) is 18.8 Å². The number of hydrogen-bond donors (Lipinski definition) is 1. The fraction of sp³-hybridized carbons (Fsp3) is 0.474. The summed E-state index contributed by atoms with van der Waals surface area (Å²) in [4.78, 5) is 20.6. The van der Waals surface area contributed by atoms with Crippen LogP contribution in [-0.4, -0.2) is 44.3 Å². The first-order chi connectivity index (χ1) is 12.5. The first-order valence-corrected chi connectivity index (χ1v) is 9.56. The zero-order chi connectivity index (χ0) is 18.7. The van der Waals surface area contributed by atoms with Gasteiger partial charge < -0.3 is 19.7 Å². The number of ether oxygens (including phenoxy) is 2. The second-order valence-electron chi connectivity index (χ2n) is 6.36. The molecule has 2 aromatic rings. The van der Waals surface area contributed by atoms with Crippen molar-refractivity contribution >= 4 is 22.9 Å². The van der Waals surface area contributed by atoms with E-state index < -0.39 is 0 Å². The number of anilines is 1. The Balaban J connectivity index is 1.79. The number of aryl methyl sites for hydroxylation is 2. The van der Waals surface area contributed by atoms with Crippen LogP contribution in [-0.2, 0) is 4.74 Å². The molecule has 0 saturated carbocycles. The lowest BCUT2D eigenvalue weighted by molar-refractivity contribution is 0.0939. The Hall–Kier alpha value is -2.12. The van der Waals surface area contributed by atoms with E-state index in [-0.39, 0.29) is 11.9 Å². The number of thiazole rings is 1. The smallest absolute Gasteiger partial charge is 0.251 e. The lowest BCUT2D eigenvalue weighted by atomic mass is 10.1. The molecule has 3 rings (SSSR count). The maximum atomic E-state index is 12.8. The van der Waals surface area contributed by atoms with Crippen molar-refractivity contribution in [3.63, 3.8) is 0 Å². The molecule has 1 aromatic heterocycles. The summed E-state index contributed by atoms with van der Waals surface area (Å²) >= 11 is 1.65. The summed E-state index contributed by atoms with van der Waals surface area (Å²) in [5.74, 6) is 0.655. The third kappa shape index (κ3) is 3.99. The van der Waals surface area contributed by atoms with Gasteiger partial charge in [0.15, 0.2) is 0 Å². The highest BCUT2D eigenvalue weighted by atomic mass is 32.1. The molecule has 7 heteroatoms. The van der Waals surface area contributed by atoms with Crippen molar-refractivity contribution in [2.75, 3.05) is 38.3 Å². The minimum Gasteiger partial charge on any atom is -0.495 e. The third-order valence-electron chi connectivity index (χ3n) is 4.49. The number of nitrogens with zero attached hydrogens (tertiary/aromatic N) is 2. The molecule has 2 heterocycles. The van der Waals surface area contributed by atoms with Crippen LogP contribution in [0.4, 0.5) is 5.69 Å². The van der Waals surface area contributed by atoms with Gasteiger partial charge in [0, 0.05) is 23.5 Å². The van der Waals surface area contributed by atoms with E-state index in [1.807, 2.05) is 32.9 Å². The molecule has 1 aliphatic heterocycles. The molecule has 1 amide bonds. The molecule has 140 valence electrons. The van der Waals surface area contributed by atoms with Gasteiger partial charge in [-0.2, -0.15) is 0 Å². The van der Waals surface area contributed by atoms with Crippen molar-refractivity contribution in [1.29, 1.82) is 0 Å². The maximum absolute atomic E-state index is 12.8. The van der Waals surface area contributed by atoms with Gasteiger partial charge in [-0.15, -0.1) is 11.3 Å². The normalized spacial score (nSPS) is 15.6. The van der Waals surface area contributed by atoms with Crippen LogP contribution in [0.15, 0.2) is 18.2 Å². The molecule has 0 spiro atoms. The third-order valence-corrected chi connectivity index (χ3v) is 5.39. The van der Waals surface area contributed by atoms with Gasteiger partial charge in [-0.25, -0.2) is 4.98 Å². The highest BCUT2D eigenvalue weighted by Gasteiger charge is 2.20. The topological polar surface area (TPSA) is 63.7 Å². The first kappa shape index (κ1) is 18.7. The lowest BCUT2D eigenvalue weighted by Gasteiger charge is -2.30. The number of nitrogens with one attached hydrogen (secondary N) is 1. The largest absolute Gasteiger partial charge is 0.495 e. The van der Waals surface area contributed by atoms with Crippen molar-refractivity contribution in [3.8, 4) is 5.75 Å². The van der Waals surface area contributed by atoms with E-state index in [2.05, 4.69) is 15.2 Å². The molecule has 0 aliphatic carbocycles. The molecular weight excluding hydrogens is 350 g/mol. The molecule has 1 saturated heterocycles. The maximum Gasteiger partial charge on any atom is 0.251 e. The lowest BCUT2D eigenvalue weighted by Crippen LogP contribution is -2.36. The summed E-state index contributed by atoms with van der Waals surface area (Å²) in [6.45, 7) is 8.91. The number of aromatic nitrogens is 1. The number of amides is 1. The van der Waals surface area contributed by atoms with Crippen LogP contribution in [0.1, 0.15) is 38.9 Å². The van der Waals surface area contributed by atoms with Crippen LogP contribution in [0.5, 0.6) is 5.75 Å². The average Bonchev–Trinajstić information content (AvgIpc) is 3.00. The van der Waals surface area contributed by atoms with E-state index >= 15 is 0 Å². The van der Waals surface area contributed by atoms with Crippen LogP contribution in [0.3, 0.4) is 0 Å². The first-order valence-electron chi connectivity index (χ1n) is 8.75. The minimum absolute atomic E-state index is 0.111. The Morgan fingerprint density at radius 1 is 1.35 bits per heavy atom. The highest BCUT2D eigenvalue weighted by molar-refractivity contribution is 7.11. The SMILES string of the molecule is COc1ccc(C(=O)NC(C)c2nc(C)sc2C)cc1N1CCOCC1. The molecular formula is C19H25N3O3S. The monoisotopic (exact) mass is 375 g/mol. The van der Waals surface area contributed by atoms with Crippen LogP contribution in [0, 0.1) is 13.8 Å². The Morgan fingerprint density at radius 2 is 2.08 bits per heavy atom. The molecule has 1 unspecified atom stereocenters. The summed E-state index contributed by atoms with van der Waals surface area (Å²) in [6.07, 6.45) is 0. The standard InChI is InChI=1S/C19H25N3O3S/c1-12(18-13(2)26-14(3)21-18)20-19(23)15-5-6-17(24-4)16(11-15)22-7-9-25-10-8-22/h5-6,11-12H,7-10H2,1-4H3,(H,20,23). The van der Waals surface area contributed by atoms with Crippen molar-refractivity contribution in [3.05, 3.63) is 39.3 Å². The van der Waals surface area contributed by atoms with Gasteiger partial charge >= 0.3 is 0 Å². The summed E-state index contributed by atoms with van der Waals surface area (Å²) in [7, 11) is 1.65. The zero-order valence-corrected chi connectivity index (χ0v) is 16.5. The second-order valence-corrected chi connectivity index (χ2v) is 7.76. The van der Waals surface area contributed by atoms with Crippen molar-refractivity contribution in [2.24, 2.45) is 0 Å². The zero-order valence-electron chi connectivity index (χ0n) is 15.7. The van der Waals surface area contributed by atoms with Crippen LogP contribution < -0.4 is 15.0 Å². The number of hydrogen-bond acceptors (Lipinski definition) is 6. The van der Waals surface area contributed by atoms with E-state index in [1.165, 1.54) is 0 Å². The van der Waals surface area contributed by atoms with Gasteiger partial charge in [0.2, 0.25) is 0 Å². The molecule has 1 aliphatic rings. The molecule has 0 radical (unpaired) electrons. The number of morpholine rings is 1. The van der Waals surface area contributed by atoms with E-state index in [9.17, 15) is 4.79 Å². The number of rotatable bonds is 5. The fourth-order valence-corrected chi connectivity index (χ4v) is 4.09. The number of carbonyl (C=O) groups is 1. The number of carbonyl (C=O) groups excluding carboxylic acids is 1. The number of benzene rings is 1. The van der Waals surface area contributed by atoms with Gasteiger partial charge in [-0.3, -0.25) is 4.79 Å². The Labute approximate surface area is 158 Å². The summed E-state index contributed by atoms with van der Waals surface area (Å²) in [5, 5.41) is 4.07. The van der Waals surface area contributed by atoms with Crippen molar-refractivity contribution < 1.29 is 14.3 Å². The summed E-state index contributed by atoms with van der Waals surface area (Å²) in [5.41, 5.74) is 2.48. The van der Waals surface area contributed by atoms with Gasteiger partial charge in [0.05, 0.1) is 42.8 Å². The fourth-order valence-electron chi connectivity index (χ4n) is 3.18. The van der Waals surface area contributed by atoms with Gasteiger partial charge in [-0.05, 0) is 39.0 Å². The van der Waals surface area contributed by atoms with Gasteiger partial charge in [-0.1, -0.05) is 0 Å².